The molecule has 17 heavy (non-hydrogen) atoms. The fraction of sp³-hybridized carbons (Fsp3) is 0.600. The Hall–Kier alpha value is -1.02. The number of anilines is 1. The Labute approximate surface area is 105 Å². The summed E-state index contributed by atoms with van der Waals surface area (Å²) in [4.78, 5) is 2.34. The van der Waals surface area contributed by atoms with Crippen molar-refractivity contribution in [2.75, 3.05) is 31.6 Å². The third-order valence-corrected chi connectivity index (χ3v) is 3.41. The lowest BCUT2D eigenvalue weighted by molar-refractivity contribution is 0.554. The zero-order valence-corrected chi connectivity index (χ0v) is 11.3. The van der Waals surface area contributed by atoms with Crippen molar-refractivity contribution in [1.29, 1.82) is 0 Å². The smallest absolute Gasteiger partial charge is 0.0397 e. The minimum absolute atomic E-state index is 0.740. The van der Waals surface area contributed by atoms with Crippen LogP contribution >= 0.6 is 0 Å². The molecule has 2 nitrogen and oxygen atoms in total. The molecule has 0 unspecified atom stereocenters. The maximum atomic E-state index is 3.50. The van der Waals surface area contributed by atoms with Gasteiger partial charge in [-0.3, -0.25) is 0 Å². The largest absolute Gasteiger partial charge is 0.374 e. The van der Waals surface area contributed by atoms with Gasteiger partial charge in [-0.2, -0.15) is 0 Å². The predicted molar refractivity (Wildman–Crippen MR) is 74.8 cm³/mol. The van der Waals surface area contributed by atoms with E-state index in [1.807, 2.05) is 0 Å². The van der Waals surface area contributed by atoms with Gasteiger partial charge in [0.2, 0.25) is 0 Å². The molecule has 0 aliphatic carbocycles. The van der Waals surface area contributed by atoms with Crippen molar-refractivity contribution >= 4 is 5.69 Å². The molecule has 1 N–H and O–H groups in total. The first-order chi connectivity index (χ1) is 8.16. The molecule has 0 amide bonds. The summed E-state index contributed by atoms with van der Waals surface area (Å²) in [6.45, 7) is 7.88. The van der Waals surface area contributed by atoms with E-state index in [4.69, 9.17) is 0 Å². The normalized spacial score (nSPS) is 14.5. The Morgan fingerprint density at radius 2 is 2.18 bits per heavy atom. The van der Waals surface area contributed by atoms with Gasteiger partial charge in [0.25, 0.3) is 0 Å². The summed E-state index contributed by atoms with van der Waals surface area (Å²) in [5.41, 5.74) is 4.41. The molecule has 1 heterocycles. The third-order valence-electron chi connectivity index (χ3n) is 3.41. The highest BCUT2D eigenvalue weighted by Gasteiger charge is 2.15. The van der Waals surface area contributed by atoms with E-state index in [0.717, 1.165) is 25.4 Å². The fourth-order valence-corrected chi connectivity index (χ4v) is 2.40. The number of nitrogens with one attached hydrogen (secondary N) is 1. The van der Waals surface area contributed by atoms with E-state index >= 15 is 0 Å². The Morgan fingerprint density at radius 1 is 1.35 bits per heavy atom. The Morgan fingerprint density at radius 3 is 2.94 bits per heavy atom. The highest BCUT2D eigenvalue weighted by molar-refractivity contribution is 5.58. The molecule has 2 rings (SSSR count). The number of hydrogen-bond donors (Lipinski definition) is 1. The molecule has 1 aliphatic rings. The lowest BCUT2D eigenvalue weighted by Gasteiger charge is -2.12. The lowest BCUT2D eigenvalue weighted by Crippen LogP contribution is -2.22. The summed E-state index contributed by atoms with van der Waals surface area (Å²) < 4.78 is 0. The van der Waals surface area contributed by atoms with Gasteiger partial charge in [0.05, 0.1) is 0 Å². The van der Waals surface area contributed by atoms with Crippen LogP contribution in [0.5, 0.6) is 0 Å². The van der Waals surface area contributed by atoms with Crippen LogP contribution in [0.4, 0.5) is 5.69 Å². The Kier molecular flexibility index (Phi) is 4.06. The van der Waals surface area contributed by atoms with E-state index < -0.39 is 0 Å². The van der Waals surface area contributed by atoms with Crippen molar-refractivity contribution in [2.24, 2.45) is 5.92 Å². The minimum atomic E-state index is 0.740. The first-order valence-corrected chi connectivity index (χ1v) is 6.70. The number of hydrogen-bond acceptors (Lipinski definition) is 2. The second-order valence-corrected chi connectivity index (χ2v) is 5.48. The zero-order valence-electron chi connectivity index (χ0n) is 11.3. The second kappa shape index (κ2) is 5.54. The maximum absolute atomic E-state index is 3.50. The molecule has 1 aliphatic heterocycles. The van der Waals surface area contributed by atoms with Gasteiger partial charge in [-0.05, 0) is 49.0 Å². The van der Waals surface area contributed by atoms with Gasteiger partial charge >= 0.3 is 0 Å². The summed E-state index contributed by atoms with van der Waals surface area (Å²) in [7, 11) is 2.18. The van der Waals surface area contributed by atoms with Gasteiger partial charge in [-0.15, -0.1) is 0 Å². The quantitative estimate of drug-likeness (QED) is 0.785. The summed E-state index contributed by atoms with van der Waals surface area (Å²) in [6.07, 6.45) is 2.35. The van der Waals surface area contributed by atoms with E-state index in [-0.39, 0.29) is 0 Å². The van der Waals surface area contributed by atoms with Crippen LogP contribution in [0.2, 0.25) is 0 Å². The number of nitrogens with zero attached hydrogens (tertiary/aromatic N) is 1. The van der Waals surface area contributed by atoms with E-state index in [2.05, 4.69) is 49.3 Å². The van der Waals surface area contributed by atoms with Gasteiger partial charge in [-0.1, -0.05) is 26.0 Å². The predicted octanol–water partition coefficient (Wildman–Crippen LogP) is 2.47. The molecule has 0 saturated heterocycles. The number of rotatable bonds is 5. The average Bonchev–Trinajstić information content (AvgIpc) is 2.66. The van der Waals surface area contributed by atoms with Crippen LogP contribution in [0.25, 0.3) is 0 Å². The van der Waals surface area contributed by atoms with E-state index in [1.54, 1.807) is 0 Å². The number of benzene rings is 1. The van der Waals surface area contributed by atoms with Crippen molar-refractivity contribution < 1.29 is 0 Å². The molecule has 94 valence electrons. The standard InChI is InChI=1S/C15H24N2/c1-12(2)11-16-8-6-13-4-5-15-14(10-13)7-9-17(15)3/h4-5,10,12,16H,6-9,11H2,1-3H3. The third kappa shape index (κ3) is 3.22. The molecule has 1 aromatic carbocycles. The van der Waals surface area contributed by atoms with Gasteiger partial charge in [0, 0.05) is 19.3 Å². The summed E-state index contributed by atoms with van der Waals surface area (Å²) in [6, 6.07) is 6.94. The van der Waals surface area contributed by atoms with Gasteiger partial charge in [0.1, 0.15) is 0 Å². The molecule has 1 aromatic rings. The minimum Gasteiger partial charge on any atom is -0.374 e. The van der Waals surface area contributed by atoms with Crippen molar-refractivity contribution in [3.63, 3.8) is 0 Å². The molecular formula is C15H24N2. The fourth-order valence-electron chi connectivity index (χ4n) is 2.40. The molecule has 0 atom stereocenters. The molecule has 0 bridgehead atoms. The van der Waals surface area contributed by atoms with E-state index in [9.17, 15) is 0 Å². The molecular weight excluding hydrogens is 208 g/mol. The molecule has 0 fully saturated rings. The topological polar surface area (TPSA) is 15.3 Å². The Bertz CT molecular complexity index is 371. The Balaban J connectivity index is 1.86. The highest BCUT2D eigenvalue weighted by atomic mass is 15.1. The van der Waals surface area contributed by atoms with Gasteiger partial charge in [-0.25, -0.2) is 0 Å². The first kappa shape index (κ1) is 12.4. The summed E-state index contributed by atoms with van der Waals surface area (Å²) in [5, 5.41) is 3.50. The van der Waals surface area contributed by atoms with Crippen molar-refractivity contribution in [2.45, 2.75) is 26.7 Å². The lowest BCUT2D eigenvalue weighted by atomic mass is 10.1. The van der Waals surface area contributed by atoms with E-state index in [1.165, 1.54) is 29.8 Å². The first-order valence-electron chi connectivity index (χ1n) is 6.70. The van der Waals surface area contributed by atoms with Crippen molar-refractivity contribution in [1.82, 2.24) is 5.32 Å². The molecule has 0 aromatic heterocycles. The highest BCUT2D eigenvalue weighted by Crippen LogP contribution is 2.27. The van der Waals surface area contributed by atoms with Crippen molar-refractivity contribution in [3.8, 4) is 0 Å². The number of fused-ring (bicyclic) bond motifs is 1. The van der Waals surface area contributed by atoms with Gasteiger partial charge in [0.15, 0.2) is 0 Å². The van der Waals surface area contributed by atoms with Crippen LogP contribution in [0.1, 0.15) is 25.0 Å². The summed E-state index contributed by atoms with van der Waals surface area (Å²) in [5.74, 6) is 0.740. The number of likely N-dealkylation sites (N-methyl/N-ethyl adjacent to an activating group) is 1. The summed E-state index contributed by atoms with van der Waals surface area (Å²) >= 11 is 0. The molecule has 0 spiro atoms. The zero-order chi connectivity index (χ0) is 12.3. The molecule has 0 radical (unpaired) electrons. The molecule has 2 heteroatoms. The second-order valence-electron chi connectivity index (χ2n) is 5.48. The van der Waals surface area contributed by atoms with Crippen LogP contribution in [-0.2, 0) is 12.8 Å². The monoisotopic (exact) mass is 232 g/mol. The average molecular weight is 232 g/mol. The van der Waals surface area contributed by atoms with Gasteiger partial charge < -0.3 is 10.2 Å². The molecule has 0 saturated carbocycles. The SMILES string of the molecule is CC(C)CNCCc1ccc2c(c1)CCN2C. The van der Waals surface area contributed by atoms with Crippen molar-refractivity contribution in [3.05, 3.63) is 29.3 Å². The van der Waals surface area contributed by atoms with Crippen LogP contribution in [0.15, 0.2) is 18.2 Å². The van der Waals surface area contributed by atoms with Crippen LogP contribution in [-0.4, -0.2) is 26.7 Å². The maximum Gasteiger partial charge on any atom is 0.0397 e. The van der Waals surface area contributed by atoms with E-state index in [0.29, 0.717) is 0 Å². The van der Waals surface area contributed by atoms with Crippen LogP contribution in [0, 0.1) is 5.92 Å². The van der Waals surface area contributed by atoms with Crippen LogP contribution in [0.3, 0.4) is 0 Å². The van der Waals surface area contributed by atoms with Crippen LogP contribution < -0.4 is 10.2 Å².